The third kappa shape index (κ3) is 4.31. The first-order valence-corrected chi connectivity index (χ1v) is 14.6. The molecule has 0 spiro atoms. The number of aryl methyl sites for hydroxylation is 1. The van der Waals surface area contributed by atoms with Crippen LogP contribution in [0.2, 0.25) is 0 Å². The van der Waals surface area contributed by atoms with E-state index in [1.165, 1.54) is 23.1 Å². The summed E-state index contributed by atoms with van der Waals surface area (Å²) in [5.74, 6) is 2.92. The minimum atomic E-state index is -0.425. The van der Waals surface area contributed by atoms with Gasteiger partial charge in [0.25, 0.3) is 0 Å². The predicted molar refractivity (Wildman–Crippen MR) is 157 cm³/mol. The Labute approximate surface area is 230 Å². The molecule has 4 nitrogen and oxygen atoms in total. The number of hydrogen-bond acceptors (Lipinski definition) is 4. The number of phenolic OH excluding ortho intramolecular Hbond substituents is 1. The number of rotatable bonds is 3. The Morgan fingerprint density at radius 2 is 1.71 bits per heavy atom. The van der Waals surface area contributed by atoms with E-state index < -0.39 is 6.10 Å². The van der Waals surface area contributed by atoms with Crippen molar-refractivity contribution in [2.45, 2.75) is 109 Å². The number of phenols is 1. The van der Waals surface area contributed by atoms with E-state index in [1.54, 1.807) is 7.11 Å². The van der Waals surface area contributed by atoms with Gasteiger partial charge in [0.2, 0.25) is 0 Å². The van der Waals surface area contributed by atoms with Crippen LogP contribution in [0.3, 0.4) is 0 Å². The molecule has 0 amide bonds. The lowest BCUT2D eigenvalue weighted by molar-refractivity contribution is -0.0258. The van der Waals surface area contributed by atoms with Crippen LogP contribution < -0.4 is 9.64 Å². The zero-order valence-electron chi connectivity index (χ0n) is 25.1. The van der Waals surface area contributed by atoms with Gasteiger partial charge < -0.3 is 19.8 Å². The molecule has 3 aliphatic carbocycles. The number of aromatic hydroxyl groups is 1. The molecule has 0 saturated heterocycles. The zero-order valence-corrected chi connectivity index (χ0v) is 25.1. The van der Waals surface area contributed by atoms with Crippen LogP contribution in [0.1, 0.15) is 102 Å². The molecule has 0 aromatic heterocycles. The van der Waals surface area contributed by atoms with E-state index in [0.29, 0.717) is 23.5 Å². The fourth-order valence-corrected chi connectivity index (χ4v) is 8.11. The molecule has 0 unspecified atom stereocenters. The van der Waals surface area contributed by atoms with Gasteiger partial charge in [0.05, 0.1) is 24.9 Å². The largest absolute Gasteiger partial charge is 0.505 e. The van der Waals surface area contributed by atoms with Crippen LogP contribution >= 0.6 is 0 Å². The van der Waals surface area contributed by atoms with Crippen LogP contribution in [0.4, 0.5) is 5.69 Å². The Bertz CT molecular complexity index is 1210. The summed E-state index contributed by atoms with van der Waals surface area (Å²) in [4.78, 5) is 2.21. The number of aliphatic hydroxyl groups excluding tert-OH is 1. The highest BCUT2D eigenvalue weighted by atomic mass is 16.5. The molecule has 0 aliphatic heterocycles. The number of likely N-dealkylation sites (N-methyl/N-ethyl adjacent to an activating group) is 1. The lowest BCUT2D eigenvalue weighted by atomic mass is 9.55. The summed E-state index contributed by atoms with van der Waals surface area (Å²) < 4.78 is 5.51. The van der Waals surface area contributed by atoms with E-state index in [2.05, 4.69) is 90.7 Å². The van der Waals surface area contributed by atoms with Crippen LogP contribution in [0, 0.1) is 17.3 Å². The highest BCUT2D eigenvalue weighted by molar-refractivity contribution is 5.65. The molecule has 4 heteroatoms. The number of benzene rings is 2. The summed E-state index contributed by atoms with van der Waals surface area (Å²) in [6, 6.07) is 11.0. The molecule has 2 aromatic rings. The topological polar surface area (TPSA) is 52.9 Å². The molecule has 6 atom stereocenters. The SMILES string of the molecule is COc1ccc2c(c1)CC[C@@H]1[C@@H]2CC[C@]2(C)[C@H](O)[C@@H](N(C)c3cc(C(C)(C)C)cc(C(C)(C)C)c3O)C[C@@H]12. The Hall–Kier alpha value is -2.20. The van der Waals surface area contributed by atoms with E-state index in [1.807, 2.05) is 0 Å². The van der Waals surface area contributed by atoms with Gasteiger partial charge in [-0.3, -0.25) is 0 Å². The molecule has 2 saturated carbocycles. The first kappa shape index (κ1) is 27.4. The smallest absolute Gasteiger partial charge is 0.142 e. The molecule has 0 bridgehead atoms. The van der Waals surface area contributed by atoms with Crippen molar-refractivity contribution >= 4 is 5.69 Å². The van der Waals surface area contributed by atoms with E-state index in [9.17, 15) is 10.2 Å². The van der Waals surface area contributed by atoms with E-state index in [4.69, 9.17) is 4.74 Å². The van der Waals surface area contributed by atoms with Crippen molar-refractivity contribution in [2.75, 3.05) is 19.1 Å². The van der Waals surface area contributed by atoms with Crippen molar-refractivity contribution in [2.24, 2.45) is 17.3 Å². The fraction of sp³-hybridized carbons (Fsp3) is 0.647. The lowest BCUT2D eigenvalue weighted by Gasteiger charge is -2.50. The van der Waals surface area contributed by atoms with Gasteiger partial charge in [0.15, 0.2) is 0 Å². The molecule has 3 aliphatic rings. The van der Waals surface area contributed by atoms with Gasteiger partial charge in [-0.1, -0.05) is 60.6 Å². The van der Waals surface area contributed by atoms with Crippen LogP contribution in [0.25, 0.3) is 0 Å². The number of methoxy groups -OCH3 is 1. The summed E-state index contributed by atoms with van der Waals surface area (Å²) in [5, 5.41) is 23.5. The Kier molecular flexibility index (Phi) is 6.61. The van der Waals surface area contributed by atoms with Crippen LogP contribution in [-0.2, 0) is 17.3 Å². The van der Waals surface area contributed by atoms with Gasteiger partial charge in [-0.2, -0.15) is 0 Å². The molecular formula is C34H49NO3. The van der Waals surface area contributed by atoms with Gasteiger partial charge in [0, 0.05) is 12.6 Å². The van der Waals surface area contributed by atoms with E-state index in [-0.39, 0.29) is 22.3 Å². The van der Waals surface area contributed by atoms with Gasteiger partial charge in [-0.15, -0.1) is 0 Å². The lowest BCUT2D eigenvalue weighted by Crippen LogP contribution is -2.47. The second kappa shape index (κ2) is 9.18. The number of fused-ring (bicyclic) bond motifs is 5. The second-order valence-corrected chi connectivity index (χ2v) is 14.8. The maximum atomic E-state index is 11.9. The number of aliphatic hydroxyl groups is 1. The Morgan fingerprint density at radius 3 is 2.34 bits per heavy atom. The molecule has 5 rings (SSSR count). The highest BCUT2D eigenvalue weighted by Gasteiger charge is 2.59. The summed E-state index contributed by atoms with van der Waals surface area (Å²) in [6.45, 7) is 15.5. The third-order valence-corrected chi connectivity index (χ3v) is 10.5. The van der Waals surface area contributed by atoms with Crippen LogP contribution in [0.15, 0.2) is 30.3 Å². The van der Waals surface area contributed by atoms with E-state index >= 15 is 0 Å². The normalized spacial score (nSPS) is 30.8. The molecule has 0 heterocycles. The molecule has 2 N–H and O–H groups in total. The molecule has 2 fully saturated rings. The minimum Gasteiger partial charge on any atom is -0.505 e. The number of anilines is 1. The summed E-state index contributed by atoms with van der Waals surface area (Å²) in [7, 11) is 3.83. The second-order valence-electron chi connectivity index (χ2n) is 14.8. The Morgan fingerprint density at radius 1 is 1.00 bits per heavy atom. The summed E-state index contributed by atoms with van der Waals surface area (Å²) >= 11 is 0. The average molecular weight is 520 g/mol. The first-order valence-electron chi connectivity index (χ1n) is 14.6. The van der Waals surface area contributed by atoms with Crippen LogP contribution in [-0.4, -0.2) is 36.5 Å². The molecule has 38 heavy (non-hydrogen) atoms. The van der Waals surface area contributed by atoms with Crippen molar-refractivity contribution < 1.29 is 14.9 Å². The maximum Gasteiger partial charge on any atom is 0.142 e. The molecule has 0 radical (unpaired) electrons. The fourth-order valence-electron chi connectivity index (χ4n) is 8.11. The standard InChI is InChI=1S/C34H49NO3/c1-32(2,3)21-17-27(33(4,5)6)30(36)28(18-21)35(8)29-19-26-25-12-10-20-16-22(38-9)11-13-23(20)24(25)14-15-34(26,7)31(29)37/h11,13,16-18,24-26,29,31,36-37H,10,12,14-15,19H2,1-9H3/t24-,25-,26+,29+,31-,34+/m1/s1. The number of hydrogen-bond donors (Lipinski definition) is 2. The minimum absolute atomic E-state index is 0.0186. The first-order chi connectivity index (χ1) is 17.7. The van der Waals surface area contributed by atoms with Crippen LogP contribution in [0.5, 0.6) is 11.5 Å². The highest BCUT2D eigenvalue weighted by Crippen LogP contribution is 2.62. The van der Waals surface area contributed by atoms with Crippen molar-refractivity contribution in [3.05, 3.63) is 52.6 Å². The zero-order chi connectivity index (χ0) is 27.8. The van der Waals surface area contributed by atoms with Gasteiger partial charge in [0.1, 0.15) is 11.5 Å². The van der Waals surface area contributed by atoms with Gasteiger partial charge in [-0.05, 0) is 101 Å². The number of nitrogens with zero attached hydrogens (tertiary/aromatic N) is 1. The van der Waals surface area contributed by atoms with Crippen molar-refractivity contribution in [1.29, 1.82) is 0 Å². The maximum absolute atomic E-state index is 11.9. The van der Waals surface area contributed by atoms with Crippen molar-refractivity contribution in [3.8, 4) is 11.5 Å². The third-order valence-electron chi connectivity index (χ3n) is 10.5. The monoisotopic (exact) mass is 519 g/mol. The molecular weight excluding hydrogens is 470 g/mol. The van der Waals surface area contributed by atoms with Crippen molar-refractivity contribution in [1.82, 2.24) is 0 Å². The van der Waals surface area contributed by atoms with Gasteiger partial charge >= 0.3 is 0 Å². The Balaban J connectivity index is 1.49. The van der Waals surface area contributed by atoms with Gasteiger partial charge in [-0.25, -0.2) is 0 Å². The van der Waals surface area contributed by atoms with E-state index in [0.717, 1.165) is 42.7 Å². The average Bonchev–Trinajstić information content (AvgIpc) is 3.12. The summed E-state index contributed by atoms with van der Waals surface area (Å²) in [6.07, 6.45) is 4.96. The van der Waals surface area contributed by atoms with Crippen molar-refractivity contribution in [3.63, 3.8) is 0 Å². The molecule has 208 valence electrons. The summed E-state index contributed by atoms with van der Waals surface area (Å²) in [5.41, 5.74) is 5.67. The molecule has 2 aromatic carbocycles. The quantitative estimate of drug-likeness (QED) is 0.446. The predicted octanol–water partition coefficient (Wildman–Crippen LogP) is 7.33. The number of ether oxygens (including phenoxy) is 1.